The SMILES string of the molecule is NC(=C(COc1cnc(C2(O)CC(c3cccc(Br)c3)C2)cn1)C(=O)C1CC1)c1c(Cl)cccc1Cl. The molecule has 0 aliphatic heterocycles. The molecule has 1 aromatic heterocycles. The van der Waals surface area contributed by atoms with Gasteiger partial charge < -0.3 is 15.6 Å². The number of nitrogens with two attached hydrogens (primary N) is 1. The summed E-state index contributed by atoms with van der Waals surface area (Å²) in [4.78, 5) is 21.7. The number of carbonyl (C=O) groups is 1. The van der Waals surface area contributed by atoms with Gasteiger partial charge in [-0.1, -0.05) is 57.3 Å². The van der Waals surface area contributed by atoms with Crippen molar-refractivity contribution in [2.24, 2.45) is 11.7 Å². The monoisotopic (exact) mass is 587 g/mol. The quantitative estimate of drug-likeness (QED) is 0.311. The first-order valence-electron chi connectivity index (χ1n) is 11.7. The summed E-state index contributed by atoms with van der Waals surface area (Å²) in [6.07, 6.45) is 5.75. The molecule has 1 heterocycles. The lowest BCUT2D eigenvalue weighted by molar-refractivity contribution is -0.116. The van der Waals surface area contributed by atoms with Crippen LogP contribution in [-0.2, 0) is 10.4 Å². The maximum atomic E-state index is 13.0. The molecule has 2 aromatic carbocycles. The number of hydrogen-bond acceptors (Lipinski definition) is 6. The molecule has 0 spiro atoms. The highest BCUT2D eigenvalue weighted by molar-refractivity contribution is 9.10. The van der Waals surface area contributed by atoms with Gasteiger partial charge in [0, 0.05) is 16.0 Å². The molecule has 2 aliphatic carbocycles. The lowest BCUT2D eigenvalue weighted by atomic mass is 9.66. The zero-order valence-electron chi connectivity index (χ0n) is 19.3. The average molecular weight is 589 g/mol. The van der Waals surface area contributed by atoms with Crippen molar-refractivity contribution in [3.8, 4) is 5.88 Å². The van der Waals surface area contributed by atoms with E-state index >= 15 is 0 Å². The van der Waals surface area contributed by atoms with Crippen molar-refractivity contribution in [2.45, 2.75) is 37.2 Å². The third-order valence-corrected chi connectivity index (χ3v) is 7.88. The van der Waals surface area contributed by atoms with Gasteiger partial charge in [0.25, 0.3) is 0 Å². The van der Waals surface area contributed by atoms with Crippen molar-refractivity contribution >= 4 is 50.6 Å². The molecular formula is C27H24BrCl2N3O3. The molecule has 0 radical (unpaired) electrons. The molecule has 186 valence electrons. The van der Waals surface area contributed by atoms with Crippen molar-refractivity contribution in [1.29, 1.82) is 0 Å². The Labute approximate surface area is 227 Å². The lowest BCUT2D eigenvalue weighted by Crippen LogP contribution is -2.40. The standard InChI is InChI=1S/C27H24BrCl2N3O3/c28-18-4-1-3-16(9-18)17-10-27(35,11-17)22-12-33-23(13-32-22)36-14-19(26(34)15-7-8-15)25(31)24-20(29)5-2-6-21(24)30/h1-6,9,12-13,15,17,35H,7-8,10-11,14,31H2. The van der Waals surface area contributed by atoms with Crippen LogP contribution >= 0.6 is 39.1 Å². The Morgan fingerprint density at radius 2 is 1.81 bits per heavy atom. The molecule has 9 heteroatoms. The van der Waals surface area contributed by atoms with Gasteiger partial charge in [-0.15, -0.1) is 0 Å². The van der Waals surface area contributed by atoms with E-state index in [1.807, 2.05) is 12.1 Å². The molecule has 36 heavy (non-hydrogen) atoms. The van der Waals surface area contributed by atoms with Gasteiger partial charge in [-0.2, -0.15) is 0 Å². The number of halogens is 3. The average Bonchev–Trinajstić information content (AvgIpc) is 3.68. The van der Waals surface area contributed by atoms with E-state index in [-0.39, 0.29) is 35.8 Å². The zero-order chi connectivity index (χ0) is 25.4. The Morgan fingerprint density at radius 3 is 2.42 bits per heavy atom. The Kier molecular flexibility index (Phi) is 7.10. The molecule has 0 unspecified atom stereocenters. The molecule has 5 rings (SSSR count). The largest absolute Gasteiger partial charge is 0.471 e. The Balaban J connectivity index is 1.29. The Hall–Kier alpha value is -2.45. The Morgan fingerprint density at radius 1 is 1.11 bits per heavy atom. The van der Waals surface area contributed by atoms with E-state index in [1.54, 1.807) is 18.2 Å². The van der Waals surface area contributed by atoms with E-state index in [1.165, 1.54) is 18.0 Å². The highest BCUT2D eigenvalue weighted by Crippen LogP contribution is 2.50. The molecule has 2 fully saturated rings. The minimum Gasteiger partial charge on any atom is -0.471 e. The summed E-state index contributed by atoms with van der Waals surface area (Å²) in [6.45, 7) is -0.0913. The molecule has 2 aliphatic rings. The fourth-order valence-electron chi connectivity index (χ4n) is 4.52. The molecular weight excluding hydrogens is 565 g/mol. The van der Waals surface area contributed by atoms with Crippen LogP contribution in [0.4, 0.5) is 0 Å². The van der Waals surface area contributed by atoms with Gasteiger partial charge >= 0.3 is 0 Å². The van der Waals surface area contributed by atoms with Gasteiger partial charge in [-0.25, -0.2) is 4.98 Å². The molecule has 0 saturated heterocycles. The molecule has 0 atom stereocenters. The van der Waals surface area contributed by atoms with E-state index in [0.717, 1.165) is 17.3 Å². The number of aromatic nitrogens is 2. The van der Waals surface area contributed by atoms with Crippen LogP contribution in [0, 0.1) is 5.92 Å². The normalized spacial score (nSPS) is 21.9. The van der Waals surface area contributed by atoms with Crippen LogP contribution in [0.2, 0.25) is 10.0 Å². The number of carbonyl (C=O) groups excluding carboxylic acids is 1. The summed E-state index contributed by atoms with van der Waals surface area (Å²) in [5, 5.41) is 11.8. The van der Waals surface area contributed by atoms with Gasteiger partial charge in [-0.3, -0.25) is 9.78 Å². The highest BCUT2D eigenvalue weighted by Gasteiger charge is 2.46. The second kappa shape index (κ2) is 10.1. The van der Waals surface area contributed by atoms with Gasteiger partial charge in [0.2, 0.25) is 5.88 Å². The number of aliphatic hydroxyl groups is 1. The Bertz CT molecular complexity index is 1320. The number of Topliss-reactive ketones (excluding diaryl/α,β-unsaturated/α-hetero) is 1. The summed E-state index contributed by atoms with van der Waals surface area (Å²) in [5.74, 6) is 0.341. The highest BCUT2D eigenvalue weighted by atomic mass is 79.9. The topological polar surface area (TPSA) is 98.3 Å². The van der Waals surface area contributed by atoms with E-state index in [9.17, 15) is 9.90 Å². The molecule has 3 N–H and O–H groups in total. The van der Waals surface area contributed by atoms with E-state index in [4.69, 9.17) is 33.7 Å². The van der Waals surface area contributed by atoms with Gasteiger partial charge in [0.1, 0.15) is 12.2 Å². The molecule has 3 aromatic rings. The van der Waals surface area contributed by atoms with Crippen molar-refractivity contribution < 1.29 is 14.6 Å². The van der Waals surface area contributed by atoms with Crippen LogP contribution in [-0.4, -0.2) is 27.5 Å². The van der Waals surface area contributed by atoms with Crippen LogP contribution < -0.4 is 10.5 Å². The van der Waals surface area contributed by atoms with Crippen LogP contribution in [0.5, 0.6) is 5.88 Å². The van der Waals surface area contributed by atoms with Gasteiger partial charge in [0.05, 0.1) is 39.4 Å². The van der Waals surface area contributed by atoms with Crippen LogP contribution in [0.25, 0.3) is 5.70 Å². The fourth-order valence-corrected chi connectivity index (χ4v) is 5.54. The smallest absolute Gasteiger partial charge is 0.232 e. The summed E-state index contributed by atoms with van der Waals surface area (Å²) in [6, 6.07) is 13.2. The third-order valence-electron chi connectivity index (χ3n) is 6.76. The minimum absolute atomic E-state index is 0.0667. The number of ketones is 1. The van der Waals surface area contributed by atoms with Crippen molar-refractivity contribution in [3.05, 3.63) is 91.8 Å². The number of hydrogen-bond donors (Lipinski definition) is 2. The van der Waals surface area contributed by atoms with Crippen molar-refractivity contribution in [2.75, 3.05) is 6.61 Å². The van der Waals surface area contributed by atoms with E-state index in [2.05, 4.69) is 38.0 Å². The first-order valence-corrected chi connectivity index (χ1v) is 13.2. The second-order valence-corrected chi connectivity index (χ2v) is 11.1. The predicted molar refractivity (Wildman–Crippen MR) is 143 cm³/mol. The van der Waals surface area contributed by atoms with E-state index in [0.29, 0.717) is 39.7 Å². The maximum absolute atomic E-state index is 13.0. The summed E-state index contributed by atoms with van der Waals surface area (Å²) in [5.41, 5.74) is 7.96. The number of rotatable bonds is 8. The summed E-state index contributed by atoms with van der Waals surface area (Å²) in [7, 11) is 0. The minimum atomic E-state index is -1.03. The first kappa shape index (κ1) is 25.2. The summed E-state index contributed by atoms with van der Waals surface area (Å²) >= 11 is 16.1. The second-order valence-electron chi connectivity index (χ2n) is 9.35. The summed E-state index contributed by atoms with van der Waals surface area (Å²) < 4.78 is 6.82. The molecule has 2 saturated carbocycles. The fraction of sp³-hybridized carbons (Fsp3) is 0.296. The predicted octanol–water partition coefficient (Wildman–Crippen LogP) is 6.04. The lowest BCUT2D eigenvalue weighted by Gasteiger charge is -2.43. The zero-order valence-corrected chi connectivity index (χ0v) is 22.4. The van der Waals surface area contributed by atoms with Gasteiger partial charge in [-0.05, 0) is 61.4 Å². The maximum Gasteiger partial charge on any atom is 0.232 e. The third kappa shape index (κ3) is 5.16. The molecule has 0 bridgehead atoms. The van der Waals surface area contributed by atoms with Crippen LogP contribution in [0.3, 0.4) is 0 Å². The van der Waals surface area contributed by atoms with Crippen molar-refractivity contribution in [3.63, 3.8) is 0 Å². The first-order chi connectivity index (χ1) is 17.2. The van der Waals surface area contributed by atoms with Crippen LogP contribution in [0.1, 0.15) is 48.4 Å². The van der Waals surface area contributed by atoms with Gasteiger partial charge in [0.15, 0.2) is 5.78 Å². The molecule has 0 amide bonds. The molecule has 6 nitrogen and oxygen atoms in total. The van der Waals surface area contributed by atoms with Crippen LogP contribution in [0.15, 0.2) is 64.9 Å². The van der Waals surface area contributed by atoms with E-state index < -0.39 is 5.60 Å². The van der Waals surface area contributed by atoms with Crippen molar-refractivity contribution in [1.82, 2.24) is 9.97 Å². The number of benzene rings is 2. The number of nitrogens with zero attached hydrogens (tertiary/aromatic N) is 2. The number of ether oxygens (including phenoxy) is 1.